The zero-order valence-electron chi connectivity index (χ0n) is 10.5. The number of nitrogens with one attached hydrogen (secondary N) is 2. The Balaban J connectivity index is 1.80. The van der Waals surface area contributed by atoms with Crippen molar-refractivity contribution in [2.75, 3.05) is 25.0 Å². The highest BCUT2D eigenvalue weighted by Gasteiger charge is 2.23. The number of nitrogens with two attached hydrogens (primary N) is 1. The maximum absolute atomic E-state index is 11.9. The lowest BCUT2D eigenvalue weighted by Crippen LogP contribution is -2.39. The molecular weight excluding hydrogens is 246 g/mol. The molecule has 19 heavy (non-hydrogen) atoms. The molecule has 0 radical (unpaired) electrons. The third-order valence-electron chi connectivity index (χ3n) is 3.04. The van der Waals surface area contributed by atoms with Gasteiger partial charge in [-0.3, -0.25) is 4.79 Å². The molecule has 2 amide bonds. The van der Waals surface area contributed by atoms with Gasteiger partial charge < -0.3 is 21.1 Å². The summed E-state index contributed by atoms with van der Waals surface area (Å²) in [5.41, 5.74) is 7.05. The van der Waals surface area contributed by atoms with Crippen LogP contribution in [0.3, 0.4) is 0 Å². The van der Waals surface area contributed by atoms with Gasteiger partial charge in [0.15, 0.2) is 0 Å². The van der Waals surface area contributed by atoms with Crippen LogP contribution in [0.15, 0.2) is 24.3 Å². The Labute approximate surface area is 111 Å². The standard InChI is InChI=1S/C13H17N3O3/c14-13(18)19-6-5-15-12(17)10-7-9-3-1-2-4-11(9)16-8-10/h1-4,10,16H,5-8H2,(H2,14,18)(H,15,17). The number of primary amides is 1. The molecule has 0 aromatic heterocycles. The Morgan fingerprint density at radius 3 is 3.00 bits per heavy atom. The number of amides is 2. The quantitative estimate of drug-likeness (QED) is 0.689. The number of carbonyl (C=O) groups excluding carboxylic acids is 2. The Hall–Kier alpha value is -2.24. The monoisotopic (exact) mass is 263 g/mol. The van der Waals surface area contributed by atoms with Crippen LogP contribution in [0.1, 0.15) is 5.56 Å². The maximum Gasteiger partial charge on any atom is 0.404 e. The number of hydrogen-bond acceptors (Lipinski definition) is 4. The van der Waals surface area contributed by atoms with Gasteiger partial charge in [0.05, 0.1) is 12.5 Å². The Morgan fingerprint density at radius 1 is 1.42 bits per heavy atom. The minimum absolute atomic E-state index is 0.0462. The molecule has 0 saturated carbocycles. The van der Waals surface area contributed by atoms with Gasteiger partial charge in [0.2, 0.25) is 5.91 Å². The van der Waals surface area contributed by atoms with E-state index < -0.39 is 6.09 Å². The first-order valence-corrected chi connectivity index (χ1v) is 6.18. The molecule has 1 aliphatic rings. The van der Waals surface area contributed by atoms with E-state index in [1.807, 2.05) is 24.3 Å². The van der Waals surface area contributed by atoms with E-state index in [2.05, 4.69) is 15.4 Å². The highest BCUT2D eigenvalue weighted by atomic mass is 16.5. The first-order chi connectivity index (χ1) is 9.16. The summed E-state index contributed by atoms with van der Waals surface area (Å²) in [6, 6.07) is 7.94. The lowest BCUT2D eigenvalue weighted by atomic mass is 9.93. The molecule has 1 aromatic carbocycles. The van der Waals surface area contributed by atoms with E-state index in [9.17, 15) is 9.59 Å². The molecule has 1 heterocycles. The number of anilines is 1. The average Bonchev–Trinajstić information content (AvgIpc) is 2.42. The van der Waals surface area contributed by atoms with Crippen molar-refractivity contribution >= 4 is 17.7 Å². The molecule has 2 rings (SSSR count). The average molecular weight is 263 g/mol. The highest BCUT2D eigenvalue weighted by Crippen LogP contribution is 2.24. The van der Waals surface area contributed by atoms with Crippen molar-refractivity contribution in [3.05, 3.63) is 29.8 Å². The third-order valence-corrected chi connectivity index (χ3v) is 3.04. The molecule has 0 bridgehead atoms. The van der Waals surface area contributed by atoms with Crippen LogP contribution in [0.5, 0.6) is 0 Å². The number of hydrogen-bond donors (Lipinski definition) is 3. The summed E-state index contributed by atoms with van der Waals surface area (Å²) in [6.07, 6.45) is -0.117. The summed E-state index contributed by atoms with van der Waals surface area (Å²) >= 11 is 0. The SMILES string of the molecule is NC(=O)OCCNC(=O)C1CNc2ccccc2C1. The fourth-order valence-electron chi connectivity index (χ4n) is 2.10. The van der Waals surface area contributed by atoms with Gasteiger partial charge in [0.1, 0.15) is 6.61 Å². The molecule has 0 spiro atoms. The van der Waals surface area contributed by atoms with Crippen molar-refractivity contribution in [1.82, 2.24) is 5.32 Å². The Morgan fingerprint density at radius 2 is 2.21 bits per heavy atom. The summed E-state index contributed by atoms with van der Waals surface area (Å²) in [7, 11) is 0. The fourth-order valence-corrected chi connectivity index (χ4v) is 2.10. The lowest BCUT2D eigenvalue weighted by Gasteiger charge is -2.25. The van der Waals surface area contributed by atoms with Crippen molar-refractivity contribution in [2.45, 2.75) is 6.42 Å². The highest BCUT2D eigenvalue weighted by molar-refractivity contribution is 5.80. The van der Waals surface area contributed by atoms with Crippen LogP contribution >= 0.6 is 0 Å². The van der Waals surface area contributed by atoms with Crippen molar-refractivity contribution in [3.63, 3.8) is 0 Å². The molecule has 1 atom stereocenters. The van der Waals surface area contributed by atoms with E-state index in [-0.39, 0.29) is 25.0 Å². The van der Waals surface area contributed by atoms with Crippen LogP contribution in [0, 0.1) is 5.92 Å². The number of ether oxygens (including phenoxy) is 1. The molecule has 4 N–H and O–H groups in total. The number of carbonyl (C=O) groups is 2. The van der Waals surface area contributed by atoms with Gasteiger partial charge in [-0.05, 0) is 18.1 Å². The van der Waals surface area contributed by atoms with Crippen molar-refractivity contribution < 1.29 is 14.3 Å². The second kappa shape index (κ2) is 6.08. The largest absolute Gasteiger partial charge is 0.448 e. The molecular formula is C13H17N3O3. The first-order valence-electron chi connectivity index (χ1n) is 6.18. The second-order valence-electron chi connectivity index (χ2n) is 4.40. The zero-order valence-corrected chi connectivity index (χ0v) is 10.5. The van der Waals surface area contributed by atoms with Gasteiger partial charge in [-0.15, -0.1) is 0 Å². The summed E-state index contributed by atoms with van der Waals surface area (Å²) in [5, 5.41) is 5.96. The molecule has 0 aliphatic carbocycles. The predicted octanol–water partition coefficient (Wildman–Crippen LogP) is 0.482. The Kier molecular flexibility index (Phi) is 4.22. The second-order valence-corrected chi connectivity index (χ2v) is 4.40. The van der Waals surface area contributed by atoms with Gasteiger partial charge in [-0.25, -0.2) is 4.79 Å². The Bertz CT molecular complexity index is 476. The summed E-state index contributed by atoms with van der Waals surface area (Å²) in [6.45, 7) is 0.983. The summed E-state index contributed by atoms with van der Waals surface area (Å²) < 4.78 is 4.54. The van der Waals surface area contributed by atoms with Gasteiger partial charge >= 0.3 is 6.09 Å². The van der Waals surface area contributed by atoms with Crippen LogP contribution in [-0.4, -0.2) is 31.7 Å². The summed E-state index contributed by atoms with van der Waals surface area (Å²) in [4.78, 5) is 22.3. The van der Waals surface area contributed by atoms with Crippen LogP contribution in [0.25, 0.3) is 0 Å². The van der Waals surface area contributed by atoms with E-state index >= 15 is 0 Å². The predicted molar refractivity (Wildman–Crippen MR) is 70.7 cm³/mol. The summed E-state index contributed by atoms with van der Waals surface area (Å²) in [5.74, 6) is -0.154. The lowest BCUT2D eigenvalue weighted by molar-refractivity contribution is -0.124. The van der Waals surface area contributed by atoms with Gasteiger partial charge in [0.25, 0.3) is 0 Å². The molecule has 1 aromatic rings. The fraction of sp³-hybridized carbons (Fsp3) is 0.385. The van der Waals surface area contributed by atoms with E-state index in [1.165, 1.54) is 0 Å². The maximum atomic E-state index is 11.9. The molecule has 1 unspecified atom stereocenters. The minimum Gasteiger partial charge on any atom is -0.448 e. The van der Waals surface area contributed by atoms with Crippen LogP contribution in [0.4, 0.5) is 10.5 Å². The van der Waals surface area contributed by atoms with E-state index in [0.29, 0.717) is 13.0 Å². The van der Waals surface area contributed by atoms with Gasteiger partial charge in [0, 0.05) is 12.2 Å². The number of fused-ring (bicyclic) bond motifs is 1. The van der Waals surface area contributed by atoms with E-state index in [4.69, 9.17) is 5.73 Å². The van der Waals surface area contributed by atoms with E-state index in [1.54, 1.807) is 0 Å². The third kappa shape index (κ3) is 3.61. The van der Waals surface area contributed by atoms with Crippen molar-refractivity contribution in [1.29, 1.82) is 0 Å². The number of rotatable bonds is 4. The van der Waals surface area contributed by atoms with Crippen LogP contribution < -0.4 is 16.4 Å². The first kappa shape index (κ1) is 13.2. The van der Waals surface area contributed by atoms with Crippen molar-refractivity contribution in [2.24, 2.45) is 11.7 Å². The molecule has 0 fully saturated rings. The van der Waals surface area contributed by atoms with Crippen molar-refractivity contribution in [3.8, 4) is 0 Å². The molecule has 1 aliphatic heterocycles. The smallest absolute Gasteiger partial charge is 0.404 e. The molecule has 6 heteroatoms. The van der Waals surface area contributed by atoms with Crippen LogP contribution in [-0.2, 0) is 16.0 Å². The number of para-hydroxylation sites is 1. The normalized spacial score (nSPS) is 16.9. The topological polar surface area (TPSA) is 93.5 Å². The number of benzene rings is 1. The van der Waals surface area contributed by atoms with Crippen LogP contribution in [0.2, 0.25) is 0 Å². The zero-order chi connectivity index (χ0) is 13.7. The van der Waals surface area contributed by atoms with Gasteiger partial charge in [-0.1, -0.05) is 18.2 Å². The molecule has 102 valence electrons. The molecule has 0 saturated heterocycles. The minimum atomic E-state index is -0.831. The molecule has 6 nitrogen and oxygen atoms in total. The van der Waals surface area contributed by atoms with Gasteiger partial charge in [-0.2, -0.15) is 0 Å². The van der Waals surface area contributed by atoms with E-state index in [0.717, 1.165) is 11.3 Å².